The first kappa shape index (κ1) is 16.9. The molecule has 1 aromatic carbocycles. The van der Waals surface area contributed by atoms with Crippen LogP contribution >= 0.6 is 11.3 Å². The summed E-state index contributed by atoms with van der Waals surface area (Å²) >= 11 is 1.70. The second kappa shape index (κ2) is 7.22. The maximum absolute atomic E-state index is 10.1. The number of aliphatic hydroxyl groups excluding tert-OH is 1. The van der Waals surface area contributed by atoms with E-state index in [-0.39, 0.29) is 12.1 Å². The third-order valence-corrected chi connectivity index (χ3v) is 4.92. The van der Waals surface area contributed by atoms with Gasteiger partial charge in [0.1, 0.15) is 23.5 Å². The van der Waals surface area contributed by atoms with Gasteiger partial charge in [0, 0.05) is 11.4 Å². The highest BCUT2D eigenvalue weighted by molar-refractivity contribution is 7.11. The molecule has 2 aromatic rings. The summed E-state index contributed by atoms with van der Waals surface area (Å²) in [4.78, 5) is 5.83. The molecule has 4 nitrogen and oxygen atoms in total. The Balaban J connectivity index is 1.83. The van der Waals surface area contributed by atoms with E-state index in [2.05, 4.69) is 31.1 Å². The summed E-state index contributed by atoms with van der Waals surface area (Å²) in [6.45, 7) is 8.98. The van der Waals surface area contributed by atoms with E-state index >= 15 is 0 Å². The number of para-hydroxylation sites is 1. The van der Waals surface area contributed by atoms with Gasteiger partial charge in [0.15, 0.2) is 0 Å². The van der Waals surface area contributed by atoms with Gasteiger partial charge in [-0.15, -0.1) is 11.3 Å². The average Bonchev–Trinajstić information content (AvgIpc) is 2.85. The predicted molar refractivity (Wildman–Crippen MR) is 90.6 cm³/mol. The lowest BCUT2D eigenvalue weighted by Crippen LogP contribution is -2.42. The number of benzene rings is 1. The molecule has 1 aromatic heterocycles. The van der Waals surface area contributed by atoms with E-state index in [1.807, 2.05) is 37.3 Å². The van der Waals surface area contributed by atoms with Crippen LogP contribution in [0.15, 0.2) is 30.3 Å². The molecular formula is C17H24N2O2S. The smallest absolute Gasteiger partial charge is 0.119 e. The van der Waals surface area contributed by atoms with Crippen LogP contribution in [0.2, 0.25) is 0 Å². The zero-order valence-electron chi connectivity index (χ0n) is 13.6. The zero-order valence-corrected chi connectivity index (χ0v) is 14.4. The van der Waals surface area contributed by atoms with E-state index in [9.17, 15) is 5.11 Å². The Kier molecular flexibility index (Phi) is 5.56. The van der Waals surface area contributed by atoms with E-state index < -0.39 is 6.10 Å². The van der Waals surface area contributed by atoms with Crippen LogP contribution in [0.3, 0.4) is 0 Å². The largest absolute Gasteiger partial charge is 0.491 e. The number of nitrogens with one attached hydrogen (secondary N) is 1. The Morgan fingerprint density at radius 2 is 1.95 bits per heavy atom. The van der Waals surface area contributed by atoms with Crippen LogP contribution in [0.25, 0.3) is 0 Å². The SMILES string of the molecule is Cc1nc(C(C)(C)NCC(O)COc2ccccc2)sc1C. The molecule has 1 atom stereocenters. The average molecular weight is 320 g/mol. The number of hydrogen-bond donors (Lipinski definition) is 2. The molecule has 120 valence electrons. The fourth-order valence-electron chi connectivity index (χ4n) is 1.96. The summed E-state index contributed by atoms with van der Waals surface area (Å²) in [5, 5.41) is 14.5. The Labute approximate surface area is 136 Å². The predicted octanol–water partition coefficient (Wildman–Crippen LogP) is 3.02. The van der Waals surface area contributed by atoms with Crippen molar-refractivity contribution in [3.8, 4) is 5.75 Å². The molecule has 2 N–H and O–H groups in total. The van der Waals surface area contributed by atoms with Crippen molar-refractivity contribution in [1.29, 1.82) is 0 Å². The summed E-state index contributed by atoms with van der Waals surface area (Å²) in [7, 11) is 0. The van der Waals surface area contributed by atoms with Gasteiger partial charge in [0.2, 0.25) is 0 Å². The number of aliphatic hydroxyl groups is 1. The first-order valence-electron chi connectivity index (χ1n) is 7.44. The molecule has 0 bridgehead atoms. The first-order valence-corrected chi connectivity index (χ1v) is 8.25. The fraction of sp³-hybridized carbons (Fsp3) is 0.471. The van der Waals surface area contributed by atoms with Crippen molar-refractivity contribution in [2.45, 2.75) is 39.3 Å². The fourth-order valence-corrected chi connectivity index (χ4v) is 2.95. The molecule has 2 rings (SSSR count). The summed E-state index contributed by atoms with van der Waals surface area (Å²) in [5.41, 5.74) is 0.806. The highest BCUT2D eigenvalue weighted by atomic mass is 32.1. The number of ether oxygens (including phenoxy) is 1. The molecule has 0 amide bonds. The topological polar surface area (TPSA) is 54.4 Å². The molecule has 0 saturated heterocycles. The molecule has 0 aliphatic rings. The Hall–Kier alpha value is -1.43. The lowest BCUT2D eigenvalue weighted by atomic mass is 10.1. The first-order chi connectivity index (χ1) is 10.4. The third kappa shape index (κ3) is 4.53. The number of aromatic nitrogens is 1. The van der Waals surface area contributed by atoms with Crippen LogP contribution in [-0.2, 0) is 5.54 Å². The molecule has 22 heavy (non-hydrogen) atoms. The van der Waals surface area contributed by atoms with Crippen molar-refractivity contribution in [2.24, 2.45) is 0 Å². The van der Waals surface area contributed by atoms with E-state index in [1.165, 1.54) is 4.88 Å². The number of thiazole rings is 1. The monoisotopic (exact) mass is 320 g/mol. The second-order valence-corrected chi connectivity index (χ2v) is 7.15. The number of nitrogens with zero attached hydrogens (tertiary/aromatic N) is 1. The van der Waals surface area contributed by atoms with Crippen molar-refractivity contribution in [2.75, 3.05) is 13.2 Å². The molecule has 0 spiro atoms. The summed E-state index contributed by atoms with van der Waals surface area (Å²) in [6.07, 6.45) is -0.568. The quantitative estimate of drug-likeness (QED) is 0.823. The van der Waals surface area contributed by atoms with Crippen molar-refractivity contribution in [3.05, 3.63) is 45.9 Å². The van der Waals surface area contributed by atoms with Crippen molar-refractivity contribution < 1.29 is 9.84 Å². The van der Waals surface area contributed by atoms with Gasteiger partial charge in [-0.1, -0.05) is 18.2 Å². The lowest BCUT2D eigenvalue weighted by molar-refractivity contribution is 0.0987. The Morgan fingerprint density at radius 1 is 1.27 bits per heavy atom. The van der Waals surface area contributed by atoms with Gasteiger partial charge in [-0.05, 0) is 39.8 Å². The van der Waals surface area contributed by atoms with Gasteiger partial charge in [0.05, 0.1) is 11.2 Å². The van der Waals surface area contributed by atoms with E-state index in [0.717, 1.165) is 16.5 Å². The Bertz CT molecular complexity index is 576. The summed E-state index contributed by atoms with van der Waals surface area (Å²) < 4.78 is 5.56. The van der Waals surface area contributed by atoms with Crippen LogP contribution in [0.4, 0.5) is 0 Å². The summed E-state index contributed by atoms with van der Waals surface area (Å²) in [5.74, 6) is 0.770. The molecule has 0 radical (unpaired) electrons. The van der Waals surface area contributed by atoms with Crippen molar-refractivity contribution >= 4 is 11.3 Å². The van der Waals surface area contributed by atoms with Gasteiger partial charge >= 0.3 is 0 Å². The maximum Gasteiger partial charge on any atom is 0.119 e. The standard InChI is InChI=1S/C17H24N2O2S/c1-12-13(2)22-16(19-12)17(3,4)18-10-14(20)11-21-15-8-6-5-7-9-15/h5-9,14,18,20H,10-11H2,1-4H3. The minimum absolute atomic E-state index is 0.266. The van der Waals surface area contributed by atoms with Gasteiger partial charge in [-0.25, -0.2) is 4.98 Å². The van der Waals surface area contributed by atoms with E-state index in [0.29, 0.717) is 6.54 Å². The zero-order chi connectivity index (χ0) is 16.2. The number of rotatable bonds is 7. The van der Waals surface area contributed by atoms with Gasteiger partial charge in [0.25, 0.3) is 0 Å². The minimum Gasteiger partial charge on any atom is -0.491 e. The van der Waals surface area contributed by atoms with Gasteiger partial charge in [-0.3, -0.25) is 0 Å². The minimum atomic E-state index is -0.568. The maximum atomic E-state index is 10.1. The van der Waals surface area contributed by atoms with Crippen molar-refractivity contribution in [3.63, 3.8) is 0 Å². The van der Waals surface area contributed by atoms with Crippen LogP contribution in [0, 0.1) is 13.8 Å². The van der Waals surface area contributed by atoms with Crippen LogP contribution in [0.1, 0.15) is 29.4 Å². The molecule has 0 aliphatic carbocycles. The van der Waals surface area contributed by atoms with Crippen LogP contribution < -0.4 is 10.1 Å². The number of hydrogen-bond acceptors (Lipinski definition) is 5. The van der Waals surface area contributed by atoms with E-state index in [1.54, 1.807) is 11.3 Å². The molecular weight excluding hydrogens is 296 g/mol. The molecule has 0 saturated carbocycles. The molecule has 1 unspecified atom stereocenters. The molecule has 1 heterocycles. The number of aryl methyl sites for hydroxylation is 2. The second-order valence-electron chi connectivity index (χ2n) is 5.94. The normalized spacial score (nSPS) is 13.1. The molecule has 0 fully saturated rings. The highest BCUT2D eigenvalue weighted by Crippen LogP contribution is 2.27. The van der Waals surface area contributed by atoms with E-state index in [4.69, 9.17) is 4.74 Å². The third-order valence-electron chi connectivity index (χ3n) is 3.53. The van der Waals surface area contributed by atoms with Gasteiger partial charge in [-0.2, -0.15) is 0 Å². The van der Waals surface area contributed by atoms with Gasteiger partial charge < -0.3 is 15.2 Å². The molecule has 0 aliphatic heterocycles. The van der Waals surface area contributed by atoms with Crippen molar-refractivity contribution in [1.82, 2.24) is 10.3 Å². The lowest BCUT2D eigenvalue weighted by Gasteiger charge is -2.25. The highest BCUT2D eigenvalue weighted by Gasteiger charge is 2.25. The Morgan fingerprint density at radius 3 is 2.55 bits per heavy atom. The van der Waals surface area contributed by atoms with Crippen LogP contribution in [0.5, 0.6) is 5.75 Å². The molecule has 5 heteroatoms. The summed E-state index contributed by atoms with van der Waals surface area (Å²) in [6, 6.07) is 9.52. The van der Waals surface area contributed by atoms with Crippen LogP contribution in [-0.4, -0.2) is 29.3 Å².